The Morgan fingerprint density at radius 3 is 2.40 bits per heavy atom. The molecule has 3 atom stereocenters. The van der Waals surface area contributed by atoms with Crippen LogP contribution in [0.15, 0.2) is 0 Å². The van der Waals surface area contributed by atoms with Gasteiger partial charge in [0.2, 0.25) is 11.8 Å². The number of rotatable bonds is 3. The average molecular weight is 280 g/mol. The maximum atomic E-state index is 12.8. The molecule has 1 N–H and O–H groups in total. The topological polar surface area (TPSA) is 49.4 Å². The molecule has 114 valence electrons. The van der Waals surface area contributed by atoms with Crippen LogP contribution >= 0.6 is 0 Å². The van der Waals surface area contributed by atoms with Crippen molar-refractivity contribution in [3.8, 4) is 0 Å². The summed E-state index contributed by atoms with van der Waals surface area (Å²) >= 11 is 0. The number of hydrogen-bond donors (Lipinski definition) is 1. The summed E-state index contributed by atoms with van der Waals surface area (Å²) in [5, 5.41) is 2.88. The summed E-state index contributed by atoms with van der Waals surface area (Å²) in [4.78, 5) is 27.1. The Bertz CT molecular complexity index is 392. The van der Waals surface area contributed by atoms with E-state index in [1.807, 2.05) is 25.7 Å². The summed E-state index contributed by atoms with van der Waals surface area (Å²) in [5.74, 6) is 0.648. The highest BCUT2D eigenvalue weighted by Crippen LogP contribution is 2.35. The number of piperazine rings is 1. The third kappa shape index (κ3) is 2.57. The van der Waals surface area contributed by atoms with E-state index in [2.05, 4.69) is 12.2 Å². The van der Waals surface area contributed by atoms with Gasteiger partial charge in [-0.3, -0.25) is 9.59 Å². The summed E-state index contributed by atoms with van der Waals surface area (Å²) in [6.45, 7) is 7.82. The van der Waals surface area contributed by atoms with Gasteiger partial charge in [-0.2, -0.15) is 0 Å². The molecule has 1 heterocycles. The van der Waals surface area contributed by atoms with E-state index in [1.165, 1.54) is 19.3 Å². The van der Waals surface area contributed by atoms with Crippen LogP contribution in [0, 0.1) is 5.92 Å². The van der Waals surface area contributed by atoms with Gasteiger partial charge in [0.25, 0.3) is 0 Å². The highest BCUT2D eigenvalue weighted by molar-refractivity contribution is 5.99. The second kappa shape index (κ2) is 5.74. The van der Waals surface area contributed by atoms with Crippen molar-refractivity contribution in [3.63, 3.8) is 0 Å². The summed E-state index contributed by atoms with van der Waals surface area (Å²) in [6.07, 6.45) is 6.44. The van der Waals surface area contributed by atoms with E-state index in [0.717, 1.165) is 12.8 Å². The minimum atomic E-state index is -0.765. The third-order valence-corrected chi connectivity index (χ3v) is 4.98. The molecule has 0 spiro atoms. The number of amides is 2. The van der Waals surface area contributed by atoms with E-state index >= 15 is 0 Å². The predicted molar refractivity (Wildman–Crippen MR) is 79.2 cm³/mol. The monoisotopic (exact) mass is 280 g/mol. The molecule has 4 heteroatoms. The van der Waals surface area contributed by atoms with Crippen LogP contribution < -0.4 is 5.32 Å². The van der Waals surface area contributed by atoms with Crippen LogP contribution in [0.25, 0.3) is 0 Å². The van der Waals surface area contributed by atoms with Crippen molar-refractivity contribution in [2.24, 2.45) is 5.92 Å². The molecule has 0 radical (unpaired) electrons. The molecule has 2 rings (SSSR count). The van der Waals surface area contributed by atoms with Crippen molar-refractivity contribution in [2.45, 2.75) is 83.8 Å². The number of carbonyl (C=O) groups excluding carboxylic acids is 2. The van der Waals surface area contributed by atoms with E-state index < -0.39 is 5.54 Å². The van der Waals surface area contributed by atoms with Crippen LogP contribution in [0.4, 0.5) is 0 Å². The Morgan fingerprint density at radius 1 is 1.15 bits per heavy atom. The lowest BCUT2D eigenvalue weighted by Gasteiger charge is -2.49. The summed E-state index contributed by atoms with van der Waals surface area (Å²) in [7, 11) is 0. The predicted octanol–water partition coefficient (Wildman–Crippen LogP) is 2.47. The molecule has 0 bridgehead atoms. The first-order valence-electron chi connectivity index (χ1n) is 8.07. The van der Waals surface area contributed by atoms with Gasteiger partial charge in [0.15, 0.2) is 0 Å². The van der Waals surface area contributed by atoms with Crippen molar-refractivity contribution < 1.29 is 9.59 Å². The van der Waals surface area contributed by atoms with Crippen LogP contribution in [-0.4, -0.2) is 34.3 Å². The van der Waals surface area contributed by atoms with Gasteiger partial charge in [-0.15, -0.1) is 0 Å². The fourth-order valence-electron chi connectivity index (χ4n) is 3.83. The molecule has 2 aliphatic rings. The van der Waals surface area contributed by atoms with Crippen LogP contribution in [0.2, 0.25) is 0 Å². The number of nitrogens with one attached hydrogen (secondary N) is 1. The summed E-state index contributed by atoms with van der Waals surface area (Å²) in [5.41, 5.74) is -0.765. The Labute approximate surface area is 122 Å². The summed E-state index contributed by atoms with van der Waals surface area (Å²) < 4.78 is 0. The molecular weight excluding hydrogens is 252 g/mol. The minimum absolute atomic E-state index is 0.0116. The lowest BCUT2D eigenvalue weighted by molar-refractivity contribution is -0.159. The van der Waals surface area contributed by atoms with Gasteiger partial charge in [0, 0.05) is 6.04 Å². The van der Waals surface area contributed by atoms with Crippen LogP contribution in [0.1, 0.15) is 66.2 Å². The molecule has 20 heavy (non-hydrogen) atoms. The molecule has 2 amide bonds. The highest BCUT2D eigenvalue weighted by atomic mass is 16.2. The zero-order valence-electron chi connectivity index (χ0n) is 13.2. The van der Waals surface area contributed by atoms with Gasteiger partial charge in [-0.25, -0.2) is 0 Å². The normalized spacial score (nSPS) is 34.0. The Morgan fingerprint density at radius 2 is 1.80 bits per heavy atom. The first-order chi connectivity index (χ1) is 9.42. The number of carbonyl (C=O) groups is 2. The van der Waals surface area contributed by atoms with Crippen molar-refractivity contribution in [1.82, 2.24) is 10.2 Å². The van der Waals surface area contributed by atoms with Crippen molar-refractivity contribution in [2.75, 3.05) is 0 Å². The first kappa shape index (κ1) is 15.3. The third-order valence-electron chi connectivity index (χ3n) is 4.98. The second-order valence-electron chi connectivity index (χ2n) is 6.77. The van der Waals surface area contributed by atoms with Crippen molar-refractivity contribution >= 4 is 11.8 Å². The quantitative estimate of drug-likeness (QED) is 0.863. The zero-order chi connectivity index (χ0) is 14.9. The molecule has 3 unspecified atom stereocenters. The number of hydrogen-bond acceptors (Lipinski definition) is 2. The maximum Gasteiger partial charge on any atom is 0.248 e. The Balaban J connectivity index is 2.32. The Hall–Kier alpha value is -1.06. The first-order valence-corrected chi connectivity index (χ1v) is 8.07. The smallest absolute Gasteiger partial charge is 0.248 e. The van der Waals surface area contributed by atoms with E-state index in [1.54, 1.807) is 0 Å². The molecule has 1 saturated heterocycles. The standard InChI is InChI=1S/C16H28N2O2/c1-5-11-9-7-8-10-13(11)18-12(6-2)14(19)17-16(3,4)15(18)20/h11-13H,5-10H2,1-4H3,(H,17,19). The van der Waals surface area contributed by atoms with E-state index in [-0.39, 0.29) is 23.9 Å². The average Bonchev–Trinajstić information content (AvgIpc) is 2.42. The molecule has 1 aliphatic carbocycles. The van der Waals surface area contributed by atoms with Gasteiger partial charge in [-0.1, -0.05) is 33.1 Å². The molecular formula is C16H28N2O2. The molecule has 1 aliphatic heterocycles. The van der Waals surface area contributed by atoms with E-state index in [9.17, 15) is 9.59 Å². The molecule has 0 aromatic rings. The van der Waals surface area contributed by atoms with E-state index in [4.69, 9.17) is 0 Å². The molecule has 0 aromatic carbocycles. The fraction of sp³-hybridized carbons (Fsp3) is 0.875. The van der Waals surface area contributed by atoms with Crippen molar-refractivity contribution in [1.29, 1.82) is 0 Å². The van der Waals surface area contributed by atoms with Gasteiger partial charge in [0.1, 0.15) is 11.6 Å². The van der Waals surface area contributed by atoms with Gasteiger partial charge < -0.3 is 10.2 Å². The van der Waals surface area contributed by atoms with Crippen LogP contribution in [0.3, 0.4) is 0 Å². The SMILES string of the molecule is CCC1CCCCC1N1C(=O)C(C)(C)NC(=O)C1CC. The zero-order valence-corrected chi connectivity index (χ0v) is 13.2. The van der Waals surface area contributed by atoms with Gasteiger partial charge in [0.05, 0.1) is 0 Å². The van der Waals surface area contributed by atoms with Crippen LogP contribution in [0.5, 0.6) is 0 Å². The van der Waals surface area contributed by atoms with Gasteiger partial charge >= 0.3 is 0 Å². The fourth-order valence-corrected chi connectivity index (χ4v) is 3.83. The molecule has 4 nitrogen and oxygen atoms in total. The van der Waals surface area contributed by atoms with Crippen molar-refractivity contribution in [3.05, 3.63) is 0 Å². The maximum absolute atomic E-state index is 12.8. The van der Waals surface area contributed by atoms with Crippen LogP contribution in [-0.2, 0) is 9.59 Å². The Kier molecular flexibility index (Phi) is 4.40. The lowest BCUT2D eigenvalue weighted by Crippen LogP contribution is -2.70. The van der Waals surface area contributed by atoms with E-state index in [0.29, 0.717) is 12.3 Å². The minimum Gasteiger partial charge on any atom is -0.340 e. The molecule has 2 fully saturated rings. The second-order valence-corrected chi connectivity index (χ2v) is 6.77. The van der Waals surface area contributed by atoms with Gasteiger partial charge in [-0.05, 0) is 39.0 Å². The molecule has 1 saturated carbocycles. The largest absolute Gasteiger partial charge is 0.340 e. The lowest BCUT2D eigenvalue weighted by atomic mass is 9.79. The highest BCUT2D eigenvalue weighted by Gasteiger charge is 2.48. The number of nitrogens with zero attached hydrogens (tertiary/aromatic N) is 1. The summed E-state index contributed by atoms with van der Waals surface area (Å²) in [6, 6.07) is -0.0378. The molecule has 0 aromatic heterocycles.